The molecule has 1 fully saturated rings. The molecule has 1 aromatic rings. The van der Waals surface area contributed by atoms with Crippen LogP contribution in [0.15, 0.2) is 16.0 Å². The number of hydrogen-bond donors (Lipinski definition) is 3. The average molecular weight is 280 g/mol. The van der Waals surface area contributed by atoms with Gasteiger partial charge in [-0.3, -0.25) is 4.79 Å². The van der Waals surface area contributed by atoms with Crippen molar-refractivity contribution < 1.29 is 14.4 Å². The third-order valence-corrected chi connectivity index (χ3v) is 3.86. The van der Waals surface area contributed by atoms with Crippen molar-refractivity contribution >= 4 is 11.7 Å². The largest absolute Gasteiger partial charge is 0.438 e. The van der Waals surface area contributed by atoms with Crippen LogP contribution in [0.25, 0.3) is 0 Å². The van der Waals surface area contributed by atoms with Gasteiger partial charge in [-0.05, 0) is 19.8 Å². The molecule has 1 aromatic heterocycles. The van der Waals surface area contributed by atoms with Gasteiger partial charge < -0.3 is 20.7 Å². The molecule has 0 bridgehead atoms. The third-order valence-electron chi connectivity index (χ3n) is 3.86. The maximum Gasteiger partial charge on any atom is 0.289 e. The van der Waals surface area contributed by atoms with Crippen LogP contribution in [0, 0.1) is 6.92 Å². The summed E-state index contributed by atoms with van der Waals surface area (Å²) < 4.78 is 5.09. The lowest BCUT2D eigenvalue weighted by molar-refractivity contribution is 0.0886. The topological polar surface area (TPSA) is 114 Å². The second-order valence-electron chi connectivity index (χ2n) is 5.20. The van der Waals surface area contributed by atoms with E-state index in [1.165, 1.54) is 6.39 Å². The Morgan fingerprint density at radius 1 is 1.45 bits per heavy atom. The van der Waals surface area contributed by atoms with E-state index in [0.29, 0.717) is 18.5 Å². The van der Waals surface area contributed by atoms with E-state index in [1.807, 2.05) is 0 Å². The highest BCUT2D eigenvalue weighted by atomic mass is 16.4. The minimum absolute atomic E-state index is 0.0462. The Morgan fingerprint density at radius 2 is 2.10 bits per heavy atom. The average Bonchev–Trinajstić information content (AvgIpc) is 2.73. The second-order valence-corrected chi connectivity index (χ2v) is 5.20. The Hall–Kier alpha value is -2.05. The molecule has 0 unspecified atom stereocenters. The van der Waals surface area contributed by atoms with Gasteiger partial charge in [-0.1, -0.05) is 30.8 Å². The molecule has 1 amide bonds. The fraction of sp³-hybridized carbons (Fsp3) is 0.615. The number of aromatic nitrogens is 1. The van der Waals surface area contributed by atoms with E-state index in [2.05, 4.69) is 15.5 Å². The van der Waals surface area contributed by atoms with Crippen molar-refractivity contribution in [1.82, 2.24) is 10.3 Å². The molecule has 0 aliphatic heterocycles. The minimum atomic E-state index is -0.804. The maximum absolute atomic E-state index is 12.3. The molecule has 4 N–H and O–H groups in total. The lowest BCUT2D eigenvalue weighted by Crippen LogP contribution is -2.57. The number of carbonyl (C=O) groups excluding carboxylic acids is 1. The van der Waals surface area contributed by atoms with Gasteiger partial charge in [-0.2, -0.15) is 0 Å². The lowest BCUT2D eigenvalue weighted by atomic mass is 9.88. The highest BCUT2D eigenvalue weighted by molar-refractivity contribution is 5.99. The highest BCUT2D eigenvalue weighted by Gasteiger charge is 2.38. The summed E-state index contributed by atoms with van der Waals surface area (Å²) in [6.45, 7) is 1.70. The van der Waals surface area contributed by atoms with Crippen LogP contribution in [-0.2, 0) is 0 Å². The summed E-state index contributed by atoms with van der Waals surface area (Å²) in [6, 6.07) is 0. The number of nitrogens with one attached hydrogen (secondary N) is 1. The second kappa shape index (κ2) is 5.94. The van der Waals surface area contributed by atoms with Crippen molar-refractivity contribution in [2.75, 3.05) is 0 Å². The van der Waals surface area contributed by atoms with Crippen LogP contribution >= 0.6 is 0 Å². The Balaban J connectivity index is 2.24. The molecule has 1 saturated carbocycles. The van der Waals surface area contributed by atoms with Crippen LogP contribution < -0.4 is 11.1 Å². The zero-order chi connectivity index (χ0) is 14.6. The molecule has 20 heavy (non-hydrogen) atoms. The highest BCUT2D eigenvalue weighted by Crippen LogP contribution is 2.28. The summed E-state index contributed by atoms with van der Waals surface area (Å²) >= 11 is 0. The molecular weight excluding hydrogens is 260 g/mol. The molecule has 110 valence electrons. The SMILES string of the molecule is Cc1ncoc1C(=O)NC1(C(N)=NO)CCCCCC1. The van der Waals surface area contributed by atoms with Gasteiger partial charge in [-0.15, -0.1) is 0 Å². The van der Waals surface area contributed by atoms with E-state index >= 15 is 0 Å². The number of rotatable bonds is 3. The maximum atomic E-state index is 12.3. The van der Waals surface area contributed by atoms with Crippen LogP contribution in [0.1, 0.15) is 54.8 Å². The third kappa shape index (κ3) is 2.76. The van der Waals surface area contributed by atoms with Crippen molar-refractivity contribution in [3.8, 4) is 0 Å². The zero-order valence-electron chi connectivity index (χ0n) is 11.6. The van der Waals surface area contributed by atoms with Crippen molar-refractivity contribution in [3.63, 3.8) is 0 Å². The Labute approximate surface area is 117 Å². The lowest BCUT2D eigenvalue weighted by Gasteiger charge is -2.32. The fourth-order valence-corrected chi connectivity index (χ4v) is 2.67. The van der Waals surface area contributed by atoms with Gasteiger partial charge in [0.25, 0.3) is 5.91 Å². The summed E-state index contributed by atoms with van der Waals surface area (Å²) in [7, 11) is 0. The molecule has 0 spiro atoms. The van der Waals surface area contributed by atoms with Gasteiger partial charge in [0, 0.05) is 0 Å². The standard InChI is InChI=1S/C13H20N4O3/c1-9-10(20-8-15-9)11(18)16-13(12(14)17-19)6-4-2-3-5-7-13/h8,19H,2-7H2,1H3,(H2,14,17)(H,16,18). The molecule has 7 nitrogen and oxygen atoms in total. The molecule has 0 saturated heterocycles. The first-order valence-electron chi connectivity index (χ1n) is 6.80. The number of amides is 1. The Kier molecular flexibility index (Phi) is 4.26. The Morgan fingerprint density at radius 3 is 2.60 bits per heavy atom. The van der Waals surface area contributed by atoms with E-state index in [1.54, 1.807) is 6.92 Å². The van der Waals surface area contributed by atoms with Gasteiger partial charge in [0.15, 0.2) is 12.2 Å². The molecule has 2 rings (SSSR count). The first-order valence-corrected chi connectivity index (χ1v) is 6.80. The molecule has 1 aliphatic carbocycles. The zero-order valence-corrected chi connectivity index (χ0v) is 11.6. The van der Waals surface area contributed by atoms with Gasteiger partial charge in [0.1, 0.15) is 5.54 Å². The van der Waals surface area contributed by atoms with Gasteiger partial charge >= 0.3 is 0 Å². The van der Waals surface area contributed by atoms with E-state index in [9.17, 15) is 4.79 Å². The van der Waals surface area contributed by atoms with E-state index < -0.39 is 5.54 Å². The molecule has 0 radical (unpaired) electrons. The molecule has 0 atom stereocenters. The summed E-state index contributed by atoms with van der Waals surface area (Å²) in [5.41, 5.74) is 5.55. The number of carbonyl (C=O) groups is 1. The smallest absolute Gasteiger partial charge is 0.289 e. The van der Waals surface area contributed by atoms with E-state index in [-0.39, 0.29) is 17.5 Å². The summed E-state index contributed by atoms with van der Waals surface area (Å²) in [4.78, 5) is 16.2. The predicted molar refractivity (Wildman–Crippen MR) is 72.5 cm³/mol. The Bertz CT molecular complexity index is 501. The summed E-state index contributed by atoms with van der Waals surface area (Å²) in [5.74, 6) is -0.169. The van der Waals surface area contributed by atoms with E-state index in [0.717, 1.165) is 25.7 Å². The van der Waals surface area contributed by atoms with Crippen molar-refractivity contribution in [1.29, 1.82) is 0 Å². The summed E-state index contributed by atoms with van der Waals surface area (Å²) in [5, 5.41) is 15.0. The molecular formula is C13H20N4O3. The monoisotopic (exact) mass is 280 g/mol. The quantitative estimate of drug-likeness (QED) is 0.255. The number of oxime groups is 1. The van der Waals surface area contributed by atoms with Gasteiger partial charge in [0.2, 0.25) is 5.76 Å². The first kappa shape index (κ1) is 14.4. The van der Waals surface area contributed by atoms with Crippen molar-refractivity contribution in [3.05, 3.63) is 17.8 Å². The number of nitrogens with zero attached hydrogens (tertiary/aromatic N) is 2. The van der Waals surface area contributed by atoms with Crippen molar-refractivity contribution in [2.24, 2.45) is 10.9 Å². The first-order chi connectivity index (χ1) is 9.59. The molecule has 1 aliphatic rings. The molecule has 7 heteroatoms. The van der Waals surface area contributed by atoms with Crippen LogP contribution in [0.3, 0.4) is 0 Å². The minimum Gasteiger partial charge on any atom is -0.438 e. The van der Waals surface area contributed by atoms with Crippen molar-refractivity contribution in [2.45, 2.75) is 51.0 Å². The van der Waals surface area contributed by atoms with Gasteiger partial charge in [-0.25, -0.2) is 4.98 Å². The number of nitrogens with two attached hydrogens (primary N) is 1. The summed E-state index contributed by atoms with van der Waals surface area (Å²) in [6.07, 6.45) is 6.55. The normalized spacial score (nSPS) is 19.4. The van der Waals surface area contributed by atoms with Crippen LogP contribution in [0.4, 0.5) is 0 Å². The van der Waals surface area contributed by atoms with E-state index in [4.69, 9.17) is 15.4 Å². The van der Waals surface area contributed by atoms with Crippen LogP contribution in [0.2, 0.25) is 0 Å². The van der Waals surface area contributed by atoms with Crippen LogP contribution in [0.5, 0.6) is 0 Å². The molecule has 1 heterocycles. The van der Waals surface area contributed by atoms with Crippen LogP contribution in [-0.4, -0.2) is 27.5 Å². The number of hydrogen-bond acceptors (Lipinski definition) is 5. The molecule has 0 aromatic carbocycles. The number of oxazole rings is 1. The van der Waals surface area contributed by atoms with Gasteiger partial charge in [0.05, 0.1) is 5.69 Å². The predicted octanol–water partition coefficient (Wildman–Crippen LogP) is 1.55. The number of amidine groups is 1. The fourth-order valence-electron chi connectivity index (χ4n) is 2.67. The number of aryl methyl sites for hydroxylation is 1.